The first-order chi connectivity index (χ1) is 10.8. The summed E-state index contributed by atoms with van der Waals surface area (Å²) in [5.41, 5.74) is 2.22. The Hall–Kier alpha value is -2.96. The minimum absolute atomic E-state index is 0.142. The highest BCUT2D eigenvalue weighted by Crippen LogP contribution is 2.31. The van der Waals surface area contributed by atoms with E-state index in [0.29, 0.717) is 12.2 Å². The van der Waals surface area contributed by atoms with Crippen molar-refractivity contribution >= 4 is 5.91 Å². The Balaban J connectivity index is 1.79. The molecule has 0 fully saturated rings. The van der Waals surface area contributed by atoms with Gasteiger partial charge in [-0.3, -0.25) is 9.78 Å². The molecule has 0 saturated heterocycles. The zero-order valence-corrected chi connectivity index (χ0v) is 11.8. The molecule has 0 aliphatic carbocycles. The second-order valence-electron chi connectivity index (χ2n) is 5.14. The van der Waals surface area contributed by atoms with Gasteiger partial charge in [-0.25, -0.2) is 0 Å². The summed E-state index contributed by atoms with van der Waals surface area (Å²) in [5.74, 6) is -0.142. The van der Waals surface area contributed by atoms with Gasteiger partial charge in [-0.1, -0.05) is 6.07 Å². The second kappa shape index (κ2) is 5.10. The van der Waals surface area contributed by atoms with Crippen molar-refractivity contribution < 1.29 is 4.79 Å². The zero-order chi connectivity index (χ0) is 14.9. The molecular weight excluding hydrogens is 280 g/mol. The van der Waals surface area contributed by atoms with Gasteiger partial charge >= 0.3 is 0 Å². The smallest absolute Gasteiger partial charge is 0.276 e. The molecule has 1 aliphatic rings. The fourth-order valence-corrected chi connectivity index (χ4v) is 2.90. The molecular formula is C15H14N6O. The first-order valence-corrected chi connectivity index (χ1v) is 7.07. The van der Waals surface area contributed by atoms with Crippen LogP contribution in [0.15, 0.2) is 48.9 Å². The fourth-order valence-electron chi connectivity index (χ4n) is 2.90. The van der Waals surface area contributed by atoms with Gasteiger partial charge in [0.2, 0.25) is 0 Å². The minimum Gasteiger partial charge on any atom is -0.347 e. The number of nitrogens with zero attached hydrogens (tertiary/aromatic N) is 5. The van der Waals surface area contributed by atoms with Crippen LogP contribution in [-0.2, 0) is 6.54 Å². The van der Waals surface area contributed by atoms with Crippen molar-refractivity contribution in [2.75, 3.05) is 6.54 Å². The number of fused-ring (bicyclic) bond motifs is 1. The lowest BCUT2D eigenvalue weighted by Gasteiger charge is -2.36. The predicted molar refractivity (Wildman–Crippen MR) is 77.9 cm³/mol. The number of hydrogen-bond acceptors (Lipinski definition) is 4. The summed E-state index contributed by atoms with van der Waals surface area (Å²) >= 11 is 0. The number of H-pyrrole nitrogens is 1. The van der Waals surface area contributed by atoms with E-state index in [2.05, 4.69) is 25.0 Å². The lowest BCUT2D eigenvalue weighted by molar-refractivity contribution is 0.0654. The highest BCUT2D eigenvalue weighted by Gasteiger charge is 2.34. The van der Waals surface area contributed by atoms with Crippen LogP contribution in [0, 0.1) is 0 Å². The summed E-state index contributed by atoms with van der Waals surface area (Å²) in [6, 6.07) is 9.56. The van der Waals surface area contributed by atoms with Crippen LogP contribution in [-0.4, -0.2) is 42.3 Å². The van der Waals surface area contributed by atoms with E-state index in [4.69, 9.17) is 0 Å². The van der Waals surface area contributed by atoms with Gasteiger partial charge in [0.25, 0.3) is 5.91 Å². The fraction of sp³-hybridized carbons (Fsp3) is 0.200. The van der Waals surface area contributed by atoms with Crippen LogP contribution in [0.2, 0.25) is 0 Å². The van der Waals surface area contributed by atoms with Crippen LogP contribution in [0.25, 0.3) is 0 Å². The maximum atomic E-state index is 12.7. The van der Waals surface area contributed by atoms with Crippen LogP contribution >= 0.6 is 0 Å². The molecule has 1 atom stereocenters. The summed E-state index contributed by atoms with van der Waals surface area (Å²) in [6.07, 6.45) is 5.23. The molecule has 0 aromatic carbocycles. The molecule has 4 heterocycles. The average molecular weight is 294 g/mol. The monoisotopic (exact) mass is 294 g/mol. The van der Waals surface area contributed by atoms with Gasteiger partial charge in [0.1, 0.15) is 6.04 Å². The van der Waals surface area contributed by atoms with Gasteiger partial charge in [-0.05, 0) is 24.3 Å². The van der Waals surface area contributed by atoms with Crippen LogP contribution in [0.4, 0.5) is 0 Å². The van der Waals surface area contributed by atoms with Crippen molar-refractivity contribution in [1.29, 1.82) is 0 Å². The van der Waals surface area contributed by atoms with Crippen molar-refractivity contribution in [3.05, 3.63) is 66.0 Å². The molecule has 110 valence electrons. The van der Waals surface area contributed by atoms with Crippen molar-refractivity contribution in [2.45, 2.75) is 12.6 Å². The summed E-state index contributed by atoms with van der Waals surface area (Å²) in [6.45, 7) is 1.36. The van der Waals surface area contributed by atoms with Crippen molar-refractivity contribution in [3.63, 3.8) is 0 Å². The predicted octanol–water partition coefficient (Wildman–Crippen LogP) is 1.25. The molecule has 0 bridgehead atoms. The molecule has 0 spiro atoms. The molecule has 1 N–H and O–H groups in total. The molecule has 1 aliphatic heterocycles. The van der Waals surface area contributed by atoms with Crippen molar-refractivity contribution in [1.82, 2.24) is 29.9 Å². The molecule has 4 rings (SSSR count). The number of pyridine rings is 1. The van der Waals surface area contributed by atoms with E-state index in [0.717, 1.165) is 17.9 Å². The lowest BCUT2D eigenvalue weighted by Crippen LogP contribution is -2.42. The van der Waals surface area contributed by atoms with Crippen LogP contribution in [0.5, 0.6) is 0 Å². The summed E-state index contributed by atoms with van der Waals surface area (Å²) in [5, 5.41) is 10.1. The SMILES string of the molecule is O=C(c1cn[nH]n1)N1CCn2cccc2[C@H]1c1ccccn1. The van der Waals surface area contributed by atoms with Gasteiger partial charge < -0.3 is 9.47 Å². The molecule has 0 saturated carbocycles. The molecule has 22 heavy (non-hydrogen) atoms. The summed E-state index contributed by atoms with van der Waals surface area (Å²) < 4.78 is 2.16. The van der Waals surface area contributed by atoms with Gasteiger partial charge in [0.05, 0.1) is 11.9 Å². The van der Waals surface area contributed by atoms with E-state index < -0.39 is 0 Å². The first-order valence-electron chi connectivity index (χ1n) is 7.07. The molecule has 7 heteroatoms. The van der Waals surface area contributed by atoms with E-state index in [-0.39, 0.29) is 11.9 Å². The van der Waals surface area contributed by atoms with E-state index in [1.807, 2.05) is 36.5 Å². The van der Waals surface area contributed by atoms with Gasteiger partial charge in [-0.15, -0.1) is 0 Å². The number of carbonyl (C=O) groups excluding carboxylic acids is 1. The Morgan fingerprint density at radius 2 is 2.18 bits per heavy atom. The van der Waals surface area contributed by atoms with Gasteiger partial charge in [-0.2, -0.15) is 15.4 Å². The average Bonchev–Trinajstić information content (AvgIpc) is 3.25. The van der Waals surface area contributed by atoms with Crippen LogP contribution < -0.4 is 0 Å². The quantitative estimate of drug-likeness (QED) is 0.771. The minimum atomic E-state index is -0.214. The van der Waals surface area contributed by atoms with Crippen molar-refractivity contribution in [2.24, 2.45) is 0 Å². The van der Waals surface area contributed by atoms with Crippen molar-refractivity contribution in [3.8, 4) is 0 Å². The summed E-state index contributed by atoms with van der Waals surface area (Å²) in [7, 11) is 0. The number of aromatic nitrogens is 5. The molecule has 0 unspecified atom stereocenters. The van der Waals surface area contributed by atoms with Crippen LogP contribution in [0.3, 0.4) is 0 Å². The Labute approximate surface area is 126 Å². The van der Waals surface area contributed by atoms with Gasteiger partial charge in [0.15, 0.2) is 5.69 Å². The van der Waals surface area contributed by atoms with Gasteiger partial charge in [0, 0.05) is 31.2 Å². The highest BCUT2D eigenvalue weighted by atomic mass is 16.2. The number of rotatable bonds is 2. The first kappa shape index (κ1) is 12.8. The number of nitrogens with one attached hydrogen (secondary N) is 1. The normalized spacial score (nSPS) is 17.3. The molecule has 1 amide bonds. The lowest BCUT2D eigenvalue weighted by atomic mass is 10.0. The molecule has 7 nitrogen and oxygen atoms in total. The number of aromatic amines is 1. The Morgan fingerprint density at radius 3 is 2.95 bits per heavy atom. The topological polar surface area (TPSA) is 79.7 Å². The third-order valence-corrected chi connectivity index (χ3v) is 3.90. The van der Waals surface area contributed by atoms with E-state index in [9.17, 15) is 4.79 Å². The van der Waals surface area contributed by atoms with E-state index in [1.54, 1.807) is 11.1 Å². The largest absolute Gasteiger partial charge is 0.347 e. The molecule has 3 aromatic rings. The van der Waals surface area contributed by atoms with E-state index >= 15 is 0 Å². The number of hydrogen-bond donors (Lipinski definition) is 1. The highest BCUT2D eigenvalue weighted by molar-refractivity contribution is 5.92. The Kier molecular flexibility index (Phi) is 2.96. The van der Waals surface area contributed by atoms with E-state index in [1.165, 1.54) is 6.20 Å². The number of carbonyl (C=O) groups is 1. The summed E-state index contributed by atoms with van der Waals surface area (Å²) in [4.78, 5) is 19.0. The Morgan fingerprint density at radius 1 is 1.23 bits per heavy atom. The molecule has 0 radical (unpaired) electrons. The number of amides is 1. The standard InChI is InChI=1S/C15H14N6O/c22-15(12-10-17-19-18-12)21-9-8-20-7-3-5-13(20)14(21)11-4-1-2-6-16-11/h1-7,10,14H,8-9H2,(H,17,18,19)/t14-/m1/s1. The third kappa shape index (κ3) is 1.98. The van der Waals surface area contributed by atoms with Crippen LogP contribution in [0.1, 0.15) is 27.9 Å². The third-order valence-electron chi connectivity index (χ3n) is 3.90. The maximum Gasteiger partial charge on any atom is 0.276 e. The Bertz CT molecular complexity index is 779. The second-order valence-corrected chi connectivity index (χ2v) is 5.14. The zero-order valence-electron chi connectivity index (χ0n) is 11.8. The molecule has 3 aromatic heterocycles. The maximum absolute atomic E-state index is 12.7.